The van der Waals surface area contributed by atoms with Crippen molar-refractivity contribution in [3.63, 3.8) is 0 Å². The van der Waals surface area contributed by atoms with E-state index in [0.717, 1.165) is 22.8 Å². The molecule has 0 fully saturated rings. The first-order chi connectivity index (χ1) is 8.72. The first-order valence-corrected chi connectivity index (χ1v) is 5.79. The fourth-order valence-electron chi connectivity index (χ4n) is 1.86. The van der Waals surface area contributed by atoms with Crippen LogP contribution in [0.25, 0.3) is 5.65 Å². The van der Waals surface area contributed by atoms with Gasteiger partial charge in [0.1, 0.15) is 5.75 Å². The third-order valence-electron chi connectivity index (χ3n) is 2.61. The minimum absolute atomic E-state index is 0.678. The van der Waals surface area contributed by atoms with Crippen molar-refractivity contribution >= 4 is 5.65 Å². The van der Waals surface area contributed by atoms with Crippen molar-refractivity contribution in [3.8, 4) is 11.6 Å². The highest BCUT2D eigenvalue weighted by Gasteiger charge is 2.08. The molecule has 0 amide bonds. The number of rotatable bonds is 2. The van der Waals surface area contributed by atoms with Crippen LogP contribution in [0, 0.1) is 13.8 Å². The van der Waals surface area contributed by atoms with Gasteiger partial charge in [-0.1, -0.05) is 18.2 Å². The number of para-hydroxylation sites is 1. The quantitative estimate of drug-likeness (QED) is 0.689. The van der Waals surface area contributed by atoms with E-state index in [4.69, 9.17) is 4.74 Å². The van der Waals surface area contributed by atoms with Gasteiger partial charge in [-0.15, -0.1) is 0 Å². The summed E-state index contributed by atoms with van der Waals surface area (Å²) in [5.74, 6) is 1.47. The van der Waals surface area contributed by atoms with Crippen LogP contribution in [-0.2, 0) is 0 Å². The molecule has 4 nitrogen and oxygen atoms in total. The summed E-state index contributed by atoms with van der Waals surface area (Å²) >= 11 is 0. The van der Waals surface area contributed by atoms with Crippen LogP contribution in [0.3, 0.4) is 0 Å². The largest absolute Gasteiger partial charge is 0.439 e. The van der Waals surface area contributed by atoms with Crippen LogP contribution >= 0.6 is 0 Å². The Morgan fingerprint density at radius 2 is 1.78 bits per heavy atom. The molecule has 0 aliphatic carbocycles. The lowest BCUT2D eigenvalue weighted by atomic mass is 10.3. The predicted molar refractivity (Wildman–Crippen MR) is 69.0 cm³/mol. The van der Waals surface area contributed by atoms with Crippen molar-refractivity contribution in [1.29, 1.82) is 0 Å². The van der Waals surface area contributed by atoms with E-state index in [0.29, 0.717) is 5.88 Å². The monoisotopic (exact) mass is 239 g/mol. The molecule has 0 aliphatic rings. The van der Waals surface area contributed by atoms with Crippen molar-refractivity contribution in [3.05, 3.63) is 53.9 Å². The molecule has 4 heteroatoms. The average molecular weight is 239 g/mol. The molecule has 18 heavy (non-hydrogen) atoms. The van der Waals surface area contributed by atoms with Gasteiger partial charge in [0.2, 0.25) is 5.88 Å². The number of fused-ring (bicyclic) bond motifs is 1. The maximum absolute atomic E-state index is 5.85. The van der Waals surface area contributed by atoms with Crippen LogP contribution < -0.4 is 4.74 Å². The van der Waals surface area contributed by atoms with Crippen LogP contribution in [0.5, 0.6) is 11.6 Å². The van der Waals surface area contributed by atoms with Crippen LogP contribution in [0.4, 0.5) is 0 Å². The van der Waals surface area contributed by atoms with E-state index in [9.17, 15) is 0 Å². The van der Waals surface area contributed by atoms with E-state index in [1.54, 1.807) is 4.52 Å². The van der Waals surface area contributed by atoms with E-state index in [1.807, 2.05) is 56.3 Å². The van der Waals surface area contributed by atoms with Crippen molar-refractivity contribution in [1.82, 2.24) is 14.6 Å². The number of nitrogens with zero attached hydrogens (tertiary/aromatic N) is 3. The standard InChI is InChI=1S/C14H13N3O/c1-10-9-14(18-12-6-4-3-5-7-12)17-13(15-10)8-11(2)16-17/h3-9H,1-2H3. The van der Waals surface area contributed by atoms with Crippen molar-refractivity contribution in [2.24, 2.45) is 0 Å². The second-order valence-electron chi connectivity index (χ2n) is 4.21. The van der Waals surface area contributed by atoms with Gasteiger partial charge in [0.15, 0.2) is 5.65 Å². The molecular formula is C14H13N3O. The first kappa shape index (κ1) is 10.8. The van der Waals surface area contributed by atoms with E-state index in [2.05, 4.69) is 10.1 Å². The molecule has 1 aromatic carbocycles. The van der Waals surface area contributed by atoms with Crippen molar-refractivity contribution in [2.45, 2.75) is 13.8 Å². The number of hydrogen-bond donors (Lipinski definition) is 0. The molecule has 0 radical (unpaired) electrons. The van der Waals surface area contributed by atoms with Gasteiger partial charge >= 0.3 is 0 Å². The Morgan fingerprint density at radius 1 is 1.00 bits per heavy atom. The van der Waals surface area contributed by atoms with Gasteiger partial charge in [-0.3, -0.25) is 0 Å². The zero-order valence-corrected chi connectivity index (χ0v) is 10.3. The Hall–Kier alpha value is -2.36. The van der Waals surface area contributed by atoms with E-state index >= 15 is 0 Å². The number of ether oxygens (including phenoxy) is 1. The third kappa shape index (κ3) is 1.93. The highest BCUT2D eigenvalue weighted by Crippen LogP contribution is 2.22. The van der Waals surface area contributed by atoms with Gasteiger partial charge in [-0.25, -0.2) is 4.98 Å². The third-order valence-corrected chi connectivity index (χ3v) is 2.61. The van der Waals surface area contributed by atoms with Crippen molar-refractivity contribution in [2.75, 3.05) is 0 Å². The summed E-state index contributed by atoms with van der Waals surface area (Å²) in [7, 11) is 0. The highest BCUT2D eigenvalue weighted by atomic mass is 16.5. The van der Waals surface area contributed by atoms with E-state index in [-0.39, 0.29) is 0 Å². The molecule has 3 aromatic rings. The molecule has 2 aromatic heterocycles. The number of hydrogen-bond acceptors (Lipinski definition) is 3. The number of aryl methyl sites for hydroxylation is 2. The second kappa shape index (κ2) is 4.14. The summed E-state index contributed by atoms with van der Waals surface area (Å²) < 4.78 is 7.56. The summed E-state index contributed by atoms with van der Waals surface area (Å²) in [4.78, 5) is 4.42. The molecule has 0 unspecified atom stereocenters. The molecule has 2 heterocycles. The summed E-state index contributed by atoms with van der Waals surface area (Å²) in [6, 6.07) is 13.5. The van der Waals surface area contributed by atoms with Crippen molar-refractivity contribution < 1.29 is 4.74 Å². The Bertz CT molecular complexity index is 689. The molecular weight excluding hydrogens is 226 g/mol. The minimum Gasteiger partial charge on any atom is -0.439 e. The molecule has 0 N–H and O–H groups in total. The molecule has 0 saturated carbocycles. The Morgan fingerprint density at radius 3 is 2.56 bits per heavy atom. The van der Waals surface area contributed by atoms with Gasteiger partial charge in [0.05, 0.1) is 5.69 Å². The second-order valence-corrected chi connectivity index (χ2v) is 4.21. The molecule has 3 rings (SSSR count). The van der Waals surface area contributed by atoms with E-state index in [1.165, 1.54) is 0 Å². The first-order valence-electron chi connectivity index (χ1n) is 5.79. The lowest BCUT2D eigenvalue weighted by Crippen LogP contribution is -1.98. The lowest BCUT2D eigenvalue weighted by molar-refractivity contribution is 0.445. The molecule has 0 spiro atoms. The van der Waals surface area contributed by atoms with E-state index < -0.39 is 0 Å². The molecule has 0 atom stereocenters. The van der Waals surface area contributed by atoms with Gasteiger partial charge < -0.3 is 4.74 Å². The Labute approximate surface area is 105 Å². The zero-order chi connectivity index (χ0) is 12.5. The number of aromatic nitrogens is 3. The van der Waals surface area contributed by atoms with Crippen LogP contribution in [-0.4, -0.2) is 14.6 Å². The minimum atomic E-state index is 0.678. The van der Waals surface area contributed by atoms with Gasteiger partial charge in [0, 0.05) is 17.8 Å². The molecule has 0 saturated heterocycles. The molecule has 0 bridgehead atoms. The summed E-state index contributed by atoms with van der Waals surface area (Å²) in [6.45, 7) is 3.89. The fraction of sp³-hybridized carbons (Fsp3) is 0.143. The summed E-state index contributed by atoms with van der Waals surface area (Å²) in [6.07, 6.45) is 0. The van der Waals surface area contributed by atoms with Gasteiger partial charge in [-0.2, -0.15) is 9.61 Å². The maximum Gasteiger partial charge on any atom is 0.224 e. The number of benzene rings is 1. The van der Waals surface area contributed by atoms with Crippen LogP contribution in [0.15, 0.2) is 42.5 Å². The van der Waals surface area contributed by atoms with Crippen LogP contribution in [0.1, 0.15) is 11.4 Å². The zero-order valence-electron chi connectivity index (χ0n) is 10.3. The predicted octanol–water partition coefficient (Wildman–Crippen LogP) is 3.14. The summed E-state index contributed by atoms with van der Waals surface area (Å²) in [5.41, 5.74) is 2.64. The smallest absolute Gasteiger partial charge is 0.224 e. The van der Waals surface area contributed by atoms with Crippen LogP contribution in [0.2, 0.25) is 0 Å². The van der Waals surface area contributed by atoms with Gasteiger partial charge in [-0.05, 0) is 26.0 Å². The fourth-order valence-corrected chi connectivity index (χ4v) is 1.86. The SMILES string of the molecule is Cc1cc(Oc2ccccc2)n2nc(C)cc2n1. The molecule has 90 valence electrons. The average Bonchev–Trinajstić information content (AvgIpc) is 2.71. The van der Waals surface area contributed by atoms with Gasteiger partial charge in [0.25, 0.3) is 0 Å². The normalized spacial score (nSPS) is 10.8. The summed E-state index contributed by atoms with van der Waals surface area (Å²) in [5, 5.41) is 4.38. The Balaban J connectivity index is 2.10. The maximum atomic E-state index is 5.85. The lowest BCUT2D eigenvalue weighted by Gasteiger charge is -2.07. The Kier molecular flexibility index (Phi) is 2.48. The topological polar surface area (TPSA) is 39.4 Å². The molecule has 0 aliphatic heterocycles. The highest BCUT2D eigenvalue weighted by molar-refractivity contribution is 5.44.